The maximum absolute atomic E-state index is 12.7. The van der Waals surface area contributed by atoms with Gasteiger partial charge in [0.15, 0.2) is 0 Å². The zero-order chi connectivity index (χ0) is 22.1. The Kier molecular flexibility index (Phi) is 6.16. The van der Waals surface area contributed by atoms with Crippen molar-refractivity contribution >= 4 is 11.9 Å². The van der Waals surface area contributed by atoms with Crippen LogP contribution in [0.25, 0.3) is 0 Å². The third kappa shape index (κ3) is 4.04. The predicted octanol–water partition coefficient (Wildman–Crippen LogP) is 5.19. The van der Waals surface area contributed by atoms with E-state index in [1.807, 2.05) is 36.4 Å². The van der Waals surface area contributed by atoms with Gasteiger partial charge in [0.05, 0.1) is 0 Å². The molecule has 0 bridgehead atoms. The standard InChI is InChI=1S/C26H30O4/c1-16(2)13-18-5-8-20(9-6-18)26(25(29)30)12-11-22(24(27)28)21-10-7-19(14-17(3)4)15-23(21)26/h5-12,15-17,22H,13-14H2,1-4H3,(H,27,28)(H,29,30)/t22-,26-/m1/s1. The number of benzene rings is 2. The van der Waals surface area contributed by atoms with Gasteiger partial charge in [-0.05, 0) is 52.5 Å². The van der Waals surface area contributed by atoms with Gasteiger partial charge in [0, 0.05) is 0 Å². The fourth-order valence-corrected chi connectivity index (χ4v) is 4.40. The van der Waals surface area contributed by atoms with Crippen LogP contribution in [0.4, 0.5) is 0 Å². The first-order valence-corrected chi connectivity index (χ1v) is 10.5. The molecule has 0 amide bonds. The van der Waals surface area contributed by atoms with Crippen LogP contribution in [0.2, 0.25) is 0 Å². The van der Waals surface area contributed by atoms with Crippen LogP contribution in [0.1, 0.15) is 61.4 Å². The molecule has 2 aromatic rings. The molecule has 158 valence electrons. The van der Waals surface area contributed by atoms with Gasteiger partial charge in [-0.15, -0.1) is 0 Å². The van der Waals surface area contributed by atoms with Crippen LogP contribution in [0.3, 0.4) is 0 Å². The number of hydrogen-bond acceptors (Lipinski definition) is 2. The highest BCUT2D eigenvalue weighted by molar-refractivity contribution is 5.93. The monoisotopic (exact) mass is 406 g/mol. The Bertz CT molecular complexity index is 969. The molecule has 0 aliphatic heterocycles. The summed E-state index contributed by atoms with van der Waals surface area (Å²) in [6.45, 7) is 8.51. The lowest BCUT2D eigenvalue weighted by Crippen LogP contribution is -2.39. The second-order valence-corrected chi connectivity index (χ2v) is 9.10. The second kappa shape index (κ2) is 8.47. The molecule has 2 aromatic carbocycles. The Morgan fingerprint density at radius 1 is 0.900 bits per heavy atom. The zero-order valence-corrected chi connectivity index (χ0v) is 18.1. The molecule has 2 atom stereocenters. The van der Waals surface area contributed by atoms with Crippen molar-refractivity contribution in [3.8, 4) is 0 Å². The molecule has 30 heavy (non-hydrogen) atoms. The summed E-state index contributed by atoms with van der Waals surface area (Å²) >= 11 is 0. The van der Waals surface area contributed by atoms with Crippen molar-refractivity contribution in [2.45, 2.75) is 51.9 Å². The molecule has 4 nitrogen and oxygen atoms in total. The van der Waals surface area contributed by atoms with E-state index in [1.165, 1.54) is 6.08 Å². The highest BCUT2D eigenvalue weighted by Gasteiger charge is 2.45. The maximum atomic E-state index is 12.7. The molecule has 3 rings (SSSR count). The van der Waals surface area contributed by atoms with Crippen LogP contribution in [0.15, 0.2) is 54.6 Å². The molecule has 0 fully saturated rings. The molecule has 0 saturated heterocycles. The van der Waals surface area contributed by atoms with E-state index in [9.17, 15) is 19.8 Å². The first-order valence-electron chi connectivity index (χ1n) is 10.5. The highest BCUT2D eigenvalue weighted by Crippen LogP contribution is 2.44. The quantitative estimate of drug-likeness (QED) is 0.620. The van der Waals surface area contributed by atoms with Crippen LogP contribution < -0.4 is 0 Å². The summed E-state index contributed by atoms with van der Waals surface area (Å²) in [6, 6.07) is 13.3. The number of carbonyl (C=O) groups is 2. The van der Waals surface area contributed by atoms with E-state index in [-0.39, 0.29) is 0 Å². The normalized spacial score (nSPS) is 20.4. The molecule has 0 radical (unpaired) electrons. The molecule has 0 saturated carbocycles. The minimum atomic E-state index is -1.40. The lowest BCUT2D eigenvalue weighted by molar-refractivity contribution is -0.141. The van der Waals surface area contributed by atoms with Crippen LogP contribution in [-0.4, -0.2) is 22.2 Å². The first-order chi connectivity index (χ1) is 14.1. The molecule has 0 spiro atoms. The van der Waals surface area contributed by atoms with Gasteiger partial charge < -0.3 is 10.2 Å². The molecule has 0 aromatic heterocycles. The molecule has 2 N–H and O–H groups in total. The summed E-state index contributed by atoms with van der Waals surface area (Å²) < 4.78 is 0. The largest absolute Gasteiger partial charge is 0.481 e. The topological polar surface area (TPSA) is 74.6 Å². The van der Waals surface area contributed by atoms with Gasteiger partial charge in [-0.3, -0.25) is 9.59 Å². The summed E-state index contributed by atoms with van der Waals surface area (Å²) in [6.07, 6.45) is 4.81. The Labute approximate surface area is 178 Å². The van der Waals surface area contributed by atoms with Crippen LogP contribution in [0, 0.1) is 11.8 Å². The highest BCUT2D eigenvalue weighted by atomic mass is 16.4. The van der Waals surface area contributed by atoms with Crippen molar-refractivity contribution in [2.24, 2.45) is 11.8 Å². The van der Waals surface area contributed by atoms with Gasteiger partial charge in [-0.1, -0.05) is 82.3 Å². The fourth-order valence-electron chi connectivity index (χ4n) is 4.40. The molecular weight excluding hydrogens is 376 g/mol. The zero-order valence-electron chi connectivity index (χ0n) is 18.1. The fraction of sp³-hybridized carbons (Fsp3) is 0.385. The number of carboxylic acid groups (broad SMARTS) is 2. The summed E-state index contributed by atoms with van der Waals surface area (Å²) in [4.78, 5) is 24.6. The summed E-state index contributed by atoms with van der Waals surface area (Å²) in [5.74, 6) is -1.90. The Morgan fingerprint density at radius 2 is 1.47 bits per heavy atom. The first kappa shape index (κ1) is 21.8. The molecular formula is C26H30O4. The Hall–Kier alpha value is -2.88. The lowest BCUT2D eigenvalue weighted by Gasteiger charge is -2.35. The van der Waals surface area contributed by atoms with E-state index in [2.05, 4.69) is 27.7 Å². The number of carboxylic acids is 2. The van der Waals surface area contributed by atoms with Crippen LogP contribution >= 0.6 is 0 Å². The van der Waals surface area contributed by atoms with E-state index in [1.54, 1.807) is 12.1 Å². The number of aliphatic carboxylic acids is 2. The van der Waals surface area contributed by atoms with Crippen molar-refractivity contribution < 1.29 is 19.8 Å². The van der Waals surface area contributed by atoms with E-state index < -0.39 is 23.3 Å². The Balaban J connectivity index is 2.20. The smallest absolute Gasteiger partial charge is 0.322 e. The summed E-state index contributed by atoms with van der Waals surface area (Å²) in [5.41, 5.74) is 2.53. The summed E-state index contributed by atoms with van der Waals surface area (Å²) in [7, 11) is 0. The van der Waals surface area contributed by atoms with Crippen molar-refractivity contribution in [1.29, 1.82) is 0 Å². The molecule has 1 aliphatic carbocycles. The van der Waals surface area contributed by atoms with Gasteiger partial charge in [0.1, 0.15) is 11.3 Å². The van der Waals surface area contributed by atoms with Gasteiger partial charge in [-0.2, -0.15) is 0 Å². The van der Waals surface area contributed by atoms with Gasteiger partial charge in [0.25, 0.3) is 0 Å². The Morgan fingerprint density at radius 3 is 2.00 bits per heavy atom. The predicted molar refractivity (Wildman–Crippen MR) is 118 cm³/mol. The number of rotatable bonds is 7. The average Bonchev–Trinajstić information content (AvgIpc) is 2.66. The van der Waals surface area contributed by atoms with E-state index >= 15 is 0 Å². The van der Waals surface area contributed by atoms with Crippen LogP contribution in [-0.2, 0) is 27.8 Å². The maximum Gasteiger partial charge on any atom is 0.322 e. The molecule has 0 unspecified atom stereocenters. The third-order valence-electron chi connectivity index (χ3n) is 5.72. The number of hydrogen-bond donors (Lipinski definition) is 2. The van der Waals surface area contributed by atoms with E-state index in [4.69, 9.17) is 0 Å². The van der Waals surface area contributed by atoms with Crippen LogP contribution in [0.5, 0.6) is 0 Å². The number of fused-ring (bicyclic) bond motifs is 1. The average molecular weight is 407 g/mol. The minimum Gasteiger partial charge on any atom is -0.481 e. The second-order valence-electron chi connectivity index (χ2n) is 9.10. The van der Waals surface area contributed by atoms with Gasteiger partial charge >= 0.3 is 11.9 Å². The lowest BCUT2D eigenvalue weighted by atomic mass is 9.66. The van der Waals surface area contributed by atoms with Crippen molar-refractivity contribution in [3.05, 3.63) is 82.4 Å². The van der Waals surface area contributed by atoms with E-state index in [0.29, 0.717) is 28.5 Å². The molecule has 4 heteroatoms. The molecule has 1 aliphatic rings. The summed E-state index contributed by atoms with van der Waals surface area (Å²) in [5, 5.41) is 20.1. The minimum absolute atomic E-state index is 0.409. The molecule has 0 heterocycles. The van der Waals surface area contributed by atoms with Crippen molar-refractivity contribution in [3.63, 3.8) is 0 Å². The van der Waals surface area contributed by atoms with E-state index in [0.717, 1.165) is 24.0 Å². The SMILES string of the molecule is CC(C)Cc1ccc([C@]2(C(=O)O)C=C[C@@H](C(=O)O)c3ccc(CC(C)C)cc32)cc1. The van der Waals surface area contributed by atoms with Gasteiger partial charge in [0.2, 0.25) is 0 Å². The van der Waals surface area contributed by atoms with Crippen molar-refractivity contribution in [1.82, 2.24) is 0 Å². The van der Waals surface area contributed by atoms with Crippen molar-refractivity contribution in [2.75, 3.05) is 0 Å². The third-order valence-corrected chi connectivity index (χ3v) is 5.72. The van der Waals surface area contributed by atoms with Gasteiger partial charge in [-0.25, -0.2) is 0 Å².